The Kier molecular flexibility index (Phi) is 11.1. The van der Waals surface area contributed by atoms with Crippen molar-refractivity contribution in [3.05, 3.63) is 44.8 Å². The lowest BCUT2D eigenvalue weighted by atomic mass is 9.96. The van der Waals surface area contributed by atoms with Gasteiger partial charge in [0, 0.05) is 16.9 Å². The molecule has 2 aromatic heterocycles. The Hall–Kier alpha value is -2.31. The van der Waals surface area contributed by atoms with E-state index in [1.165, 1.54) is 29.8 Å². The first-order valence-corrected chi connectivity index (χ1v) is 12.1. The van der Waals surface area contributed by atoms with Crippen molar-refractivity contribution in [2.75, 3.05) is 7.11 Å². The van der Waals surface area contributed by atoms with Crippen LogP contribution >= 0.6 is 22.7 Å². The largest absolute Gasteiger partial charge is 0.446 e. The molecule has 11 heteroatoms. The summed E-state index contributed by atoms with van der Waals surface area (Å²) < 4.78 is 16.1. The van der Waals surface area contributed by atoms with E-state index < -0.39 is 36.0 Å². The third-order valence-electron chi connectivity index (χ3n) is 5.05. The van der Waals surface area contributed by atoms with Crippen LogP contribution in [0.5, 0.6) is 0 Å². The highest BCUT2D eigenvalue weighted by atomic mass is 32.1. The van der Waals surface area contributed by atoms with E-state index in [1.54, 1.807) is 27.7 Å². The van der Waals surface area contributed by atoms with Gasteiger partial charge >= 0.3 is 6.09 Å². The Balaban J connectivity index is 0.000000397. The molecule has 2 N–H and O–H groups in total. The fraction of sp³-hybridized carbons (Fsp3) is 0.542. The molecule has 0 aromatic carbocycles. The van der Waals surface area contributed by atoms with Crippen LogP contribution in [0.1, 0.15) is 64.4 Å². The highest BCUT2D eigenvalue weighted by molar-refractivity contribution is 7.10. The molecular weight excluding hydrogens is 492 g/mol. The number of nitrogens with one attached hydrogen (secondary N) is 1. The molecule has 2 aromatic rings. The summed E-state index contributed by atoms with van der Waals surface area (Å²) in [6, 6.07) is 6.89. The van der Waals surface area contributed by atoms with Crippen LogP contribution < -0.4 is 5.32 Å². The summed E-state index contributed by atoms with van der Waals surface area (Å²) in [5.74, 6) is -1.60. The SMILES string of the molecule is C.C.COC(C)(C)O[C@H]1C(=O)N(C(=O)OC(C)C)[C@H]1c1cccs1.O=C1N[C@@H](c2cccs2)[C@H]1O. The number of carbonyl (C=O) groups is 3. The van der Waals surface area contributed by atoms with E-state index in [4.69, 9.17) is 19.3 Å². The number of aliphatic hydroxyl groups is 1. The first kappa shape index (κ1) is 30.7. The number of hydrogen-bond acceptors (Lipinski definition) is 9. The summed E-state index contributed by atoms with van der Waals surface area (Å²) in [4.78, 5) is 38.0. The van der Waals surface area contributed by atoms with Gasteiger partial charge in [0.15, 0.2) is 18.0 Å². The van der Waals surface area contributed by atoms with Crippen molar-refractivity contribution in [3.63, 3.8) is 0 Å². The molecule has 0 bridgehead atoms. The number of methoxy groups -OCH3 is 1. The van der Waals surface area contributed by atoms with E-state index in [9.17, 15) is 14.4 Å². The maximum Gasteiger partial charge on any atom is 0.417 e. The maximum atomic E-state index is 12.3. The van der Waals surface area contributed by atoms with Gasteiger partial charge in [-0.1, -0.05) is 27.0 Å². The summed E-state index contributed by atoms with van der Waals surface area (Å²) in [5.41, 5.74) is 0. The third kappa shape index (κ3) is 6.89. The predicted octanol–water partition coefficient (Wildman–Crippen LogP) is 4.50. The van der Waals surface area contributed by atoms with Gasteiger partial charge in [0.1, 0.15) is 6.04 Å². The summed E-state index contributed by atoms with van der Waals surface area (Å²) in [7, 11) is 1.51. The highest BCUT2D eigenvalue weighted by Gasteiger charge is 2.55. The first-order chi connectivity index (χ1) is 15.6. The second-order valence-corrected chi connectivity index (χ2v) is 10.1. The minimum Gasteiger partial charge on any atom is -0.446 e. The zero-order valence-corrected chi connectivity index (χ0v) is 20.6. The Morgan fingerprint density at radius 2 is 1.69 bits per heavy atom. The van der Waals surface area contributed by atoms with E-state index in [0.29, 0.717) is 0 Å². The number of imide groups is 1. The highest BCUT2D eigenvalue weighted by Crippen LogP contribution is 2.41. The van der Waals surface area contributed by atoms with Gasteiger partial charge in [-0.2, -0.15) is 0 Å². The zero-order chi connectivity index (χ0) is 24.3. The van der Waals surface area contributed by atoms with E-state index >= 15 is 0 Å². The van der Waals surface area contributed by atoms with Gasteiger partial charge in [-0.25, -0.2) is 9.69 Å². The fourth-order valence-electron chi connectivity index (χ4n) is 3.20. The maximum absolute atomic E-state index is 12.3. The molecule has 0 unspecified atom stereocenters. The minimum absolute atomic E-state index is 0. The van der Waals surface area contributed by atoms with Crippen molar-refractivity contribution in [2.24, 2.45) is 0 Å². The lowest BCUT2D eigenvalue weighted by Crippen LogP contribution is -2.63. The number of likely N-dealkylation sites (tertiary alicyclic amines) is 1. The smallest absolute Gasteiger partial charge is 0.417 e. The Labute approximate surface area is 215 Å². The molecule has 196 valence electrons. The van der Waals surface area contributed by atoms with E-state index in [1.807, 2.05) is 35.0 Å². The van der Waals surface area contributed by atoms with Crippen molar-refractivity contribution in [2.45, 2.75) is 78.7 Å². The van der Waals surface area contributed by atoms with Crippen LogP contribution in [-0.2, 0) is 23.8 Å². The van der Waals surface area contributed by atoms with Gasteiger partial charge in [0.2, 0.25) is 0 Å². The molecule has 0 radical (unpaired) electrons. The van der Waals surface area contributed by atoms with E-state index in [2.05, 4.69) is 5.32 Å². The van der Waals surface area contributed by atoms with Gasteiger partial charge in [0.25, 0.3) is 11.8 Å². The normalized spacial score (nSPS) is 23.0. The fourth-order valence-corrected chi connectivity index (χ4v) is 4.84. The molecular formula is C24H36N2O7S2. The van der Waals surface area contributed by atoms with Crippen LogP contribution in [0.15, 0.2) is 35.0 Å². The van der Waals surface area contributed by atoms with Crippen molar-refractivity contribution in [3.8, 4) is 0 Å². The van der Waals surface area contributed by atoms with Crippen molar-refractivity contribution in [1.29, 1.82) is 0 Å². The average Bonchev–Trinajstić information content (AvgIpc) is 3.47. The lowest BCUT2D eigenvalue weighted by Gasteiger charge is -2.46. The van der Waals surface area contributed by atoms with Gasteiger partial charge in [-0.3, -0.25) is 9.59 Å². The molecule has 9 nitrogen and oxygen atoms in total. The number of ether oxygens (including phenoxy) is 3. The van der Waals surface area contributed by atoms with Gasteiger partial charge in [-0.15, -0.1) is 22.7 Å². The molecule has 2 fully saturated rings. The molecule has 4 heterocycles. The summed E-state index contributed by atoms with van der Waals surface area (Å²) in [6.45, 7) is 6.93. The molecule has 35 heavy (non-hydrogen) atoms. The standard InChI is InChI=1S/C15H21NO5S.C7H7NO2S.2CH4/c1-9(2)20-14(18)16-11(10-7-6-8-22-10)12(13(16)17)21-15(3,4)19-5;9-6-5(8-7(6)10)4-2-1-3-11-4;;/h6-9,11-12H,1-5H3;1-3,5-6,9H,(H,8,10);2*1H4/t11-,12+;5-,6+;;/m00../s1. The second-order valence-electron chi connectivity index (χ2n) is 8.19. The van der Waals surface area contributed by atoms with Gasteiger partial charge in [-0.05, 0) is 50.6 Å². The molecule has 3 amide bonds. The monoisotopic (exact) mass is 528 g/mol. The Morgan fingerprint density at radius 1 is 1.11 bits per heavy atom. The quantitative estimate of drug-likeness (QED) is 0.419. The Morgan fingerprint density at radius 3 is 2.11 bits per heavy atom. The molecule has 2 aliphatic rings. The predicted molar refractivity (Wildman–Crippen MR) is 136 cm³/mol. The zero-order valence-electron chi connectivity index (χ0n) is 19.0. The molecule has 0 aliphatic carbocycles. The number of nitrogens with zero attached hydrogens (tertiary/aromatic N) is 1. The molecule has 4 atom stereocenters. The van der Waals surface area contributed by atoms with E-state index in [0.717, 1.165) is 14.7 Å². The lowest BCUT2D eigenvalue weighted by molar-refractivity contribution is -0.251. The summed E-state index contributed by atoms with van der Waals surface area (Å²) in [6.07, 6.45) is -2.53. The third-order valence-corrected chi connectivity index (χ3v) is 6.95. The number of β-lactam (4-membered cyclic amide) rings is 2. The molecule has 2 aliphatic heterocycles. The number of carbonyl (C=O) groups excluding carboxylic acids is 3. The van der Waals surface area contributed by atoms with Crippen molar-refractivity contribution in [1.82, 2.24) is 10.2 Å². The topological polar surface area (TPSA) is 114 Å². The Bertz CT molecular complexity index is 961. The van der Waals surface area contributed by atoms with Crippen LogP contribution in [0.2, 0.25) is 0 Å². The number of thiophene rings is 2. The van der Waals surface area contributed by atoms with Crippen LogP contribution in [0.25, 0.3) is 0 Å². The average molecular weight is 529 g/mol. The summed E-state index contributed by atoms with van der Waals surface area (Å²) in [5, 5.41) is 15.6. The number of aliphatic hydroxyl groups excluding tert-OH is 1. The van der Waals surface area contributed by atoms with Crippen LogP contribution in [0.3, 0.4) is 0 Å². The van der Waals surface area contributed by atoms with Gasteiger partial charge < -0.3 is 24.6 Å². The molecule has 0 spiro atoms. The van der Waals surface area contributed by atoms with Gasteiger partial charge in [0.05, 0.1) is 12.1 Å². The number of rotatable bonds is 6. The first-order valence-electron chi connectivity index (χ1n) is 10.4. The second kappa shape index (κ2) is 12.6. The van der Waals surface area contributed by atoms with Crippen molar-refractivity contribution < 1.29 is 33.7 Å². The minimum atomic E-state index is -0.913. The molecule has 2 saturated heterocycles. The van der Waals surface area contributed by atoms with Crippen LogP contribution in [0.4, 0.5) is 4.79 Å². The van der Waals surface area contributed by atoms with E-state index in [-0.39, 0.29) is 32.9 Å². The van der Waals surface area contributed by atoms with Crippen molar-refractivity contribution >= 4 is 40.6 Å². The summed E-state index contributed by atoms with van der Waals surface area (Å²) >= 11 is 3.00. The van der Waals surface area contributed by atoms with Crippen LogP contribution in [-0.4, -0.2) is 59.1 Å². The molecule has 0 saturated carbocycles. The number of amides is 3. The number of hydrogen-bond donors (Lipinski definition) is 2. The molecule has 4 rings (SSSR count). The van der Waals surface area contributed by atoms with Crippen LogP contribution in [0, 0.1) is 0 Å².